The first-order chi connectivity index (χ1) is 11.4. The highest BCUT2D eigenvalue weighted by Gasteiger charge is 2.22. The first kappa shape index (κ1) is 17.5. The molecule has 0 spiro atoms. The maximum Gasteiger partial charge on any atom is 0.339 e. The van der Waals surface area contributed by atoms with Crippen molar-refractivity contribution in [2.75, 3.05) is 18.0 Å². The Balaban J connectivity index is 2.34. The number of aryl methyl sites for hydroxylation is 1. The molecule has 0 bridgehead atoms. The summed E-state index contributed by atoms with van der Waals surface area (Å²) < 4.78 is 31.3. The van der Waals surface area contributed by atoms with Crippen molar-refractivity contribution in [1.82, 2.24) is 0 Å². The molecule has 0 aliphatic rings. The lowest BCUT2D eigenvalue weighted by molar-refractivity contribution is 0.0554. The third-order valence-electron chi connectivity index (χ3n) is 3.39. The Morgan fingerprint density at radius 1 is 1.21 bits per heavy atom. The summed E-state index contributed by atoms with van der Waals surface area (Å²) in [6, 6.07) is 14.3. The van der Waals surface area contributed by atoms with Gasteiger partial charge in [-0.1, -0.05) is 23.8 Å². The van der Waals surface area contributed by atoms with E-state index in [4.69, 9.17) is 10.00 Å². The monoisotopic (exact) mass is 344 g/mol. The molecule has 24 heavy (non-hydrogen) atoms. The lowest BCUT2D eigenvalue weighted by atomic mass is 10.2. The van der Waals surface area contributed by atoms with Gasteiger partial charge in [-0.3, -0.25) is 4.31 Å². The average molecular weight is 344 g/mol. The van der Waals surface area contributed by atoms with E-state index in [1.807, 2.05) is 19.1 Å². The standard InChI is InChI=1S/C17H16N2O4S/c1-13-6-8-15(9-7-13)19(2)24(21,22)16-5-3-4-14(12-16)17(20)23-11-10-18/h3-9,12H,11H2,1-2H3. The zero-order valence-electron chi connectivity index (χ0n) is 13.3. The number of anilines is 1. The number of carbonyl (C=O) groups is 1. The Kier molecular flexibility index (Phi) is 5.21. The first-order valence-electron chi connectivity index (χ1n) is 7.06. The Hall–Kier alpha value is -2.85. The maximum absolute atomic E-state index is 12.7. The SMILES string of the molecule is Cc1ccc(N(C)S(=O)(=O)c2cccc(C(=O)OCC#N)c2)cc1. The minimum absolute atomic E-state index is 0.0306. The predicted octanol–water partition coefficient (Wildman–Crippen LogP) is 2.50. The van der Waals surface area contributed by atoms with E-state index < -0.39 is 16.0 Å². The van der Waals surface area contributed by atoms with Crippen LogP contribution in [0.25, 0.3) is 0 Å². The Bertz CT molecular complexity index is 884. The fraction of sp³-hybridized carbons (Fsp3) is 0.176. The minimum atomic E-state index is -3.82. The van der Waals surface area contributed by atoms with Gasteiger partial charge in [0.1, 0.15) is 6.07 Å². The fourth-order valence-corrected chi connectivity index (χ4v) is 3.26. The molecule has 2 rings (SSSR count). The Morgan fingerprint density at radius 2 is 1.88 bits per heavy atom. The summed E-state index contributed by atoms with van der Waals surface area (Å²) in [4.78, 5) is 11.7. The van der Waals surface area contributed by atoms with Gasteiger partial charge in [-0.05, 0) is 37.3 Å². The minimum Gasteiger partial charge on any atom is -0.447 e. The molecule has 2 aromatic rings. The van der Waals surface area contributed by atoms with Gasteiger partial charge in [-0.2, -0.15) is 5.26 Å². The molecular formula is C17H16N2O4S. The molecule has 0 fully saturated rings. The first-order valence-corrected chi connectivity index (χ1v) is 8.50. The Morgan fingerprint density at radius 3 is 2.50 bits per heavy atom. The number of rotatable bonds is 5. The van der Waals surface area contributed by atoms with Gasteiger partial charge in [0.05, 0.1) is 16.1 Å². The van der Waals surface area contributed by atoms with Crippen LogP contribution < -0.4 is 4.31 Å². The van der Waals surface area contributed by atoms with Crippen LogP contribution in [0.15, 0.2) is 53.4 Å². The molecule has 0 saturated carbocycles. The van der Waals surface area contributed by atoms with Crippen molar-refractivity contribution in [2.45, 2.75) is 11.8 Å². The maximum atomic E-state index is 12.7. The van der Waals surface area contributed by atoms with E-state index in [0.29, 0.717) is 5.69 Å². The number of hydrogen-bond acceptors (Lipinski definition) is 5. The van der Waals surface area contributed by atoms with Crippen molar-refractivity contribution >= 4 is 21.7 Å². The van der Waals surface area contributed by atoms with Gasteiger partial charge in [0.2, 0.25) is 0 Å². The number of benzene rings is 2. The molecule has 0 saturated heterocycles. The van der Waals surface area contributed by atoms with E-state index in [-0.39, 0.29) is 17.1 Å². The zero-order valence-corrected chi connectivity index (χ0v) is 14.1. The smallest absolute Gasteiger partial charge is 0.339 e. The van der Waals surface area contributed by atoms with E-state index in [9.17, 15) is 13.2 Å². The largest absolute Gasteiger partial charge is 0.447 e. The van der Waals surface area contributed by atoms with Crippen molar-refractivity contribution in [1.29, 1.82) is 5.26 Å². The van der Waals surface area contributed by atoms with Crippen LogP contribution in [0.2, 0.25) is 0 Å². The van der Waals surface area contributed by atoms with E-state index in [1.165, 1.54) is 31.3 Å². The lowest BCUT2D eigenvalue weighted by Crippen LogP contribution is -2.26. The predicted molar refractivity (Wildman–Crippen MR) is 89.1 cm³/mol. The summed E-state index contributed by atoms with van der Waals surface area (Å²) in [5, 5.41) is 8.43. The van der Waals surface area contributed by atoms with E-state index in [2.05, 4.69) is 0 Å². The van der Waals surface area contributed by atoms with Crippen LogP contribution in [0.1, 0.15) is 15.9 Å². The van der Waals surface area contributed by atoms with Crippen LogP contribution >= 0.6 is 0 Å². The molecule has 0 heterocycles. The molecular weight excluding hydrogens is 328 g/mol. The highest BCUT2D eigenvalue weighted by molar-refractivity contribution is 7.92. The van der Waals surface area contributed by atoms with Crippen molar-refractivity contribution in [3.8, 4) is 6.07 Å². The van der Waals surface area contributed by atoms with Crippen LogP contribution in [0, 0.1) is 18.3 Å². The topological polar surface area (TPSA) is 87.5 Å². The Labute approximate surface area is 141 Å². The van der Waals surface area contributed by atoms with Crippen molar-refractivity contribution in [2.24, 2.45) is 0 Å². The van der Waals surface area contributed by atoms with Crippen LogP contribution in [0.4, 0.5) is 5.69 Å². The van der Waals surface area contributed by atoms with Crippen LogP contribution in [-0.4, -0.2) is 28.0 Å². The van der Waals surface area contributed by atoms with E-state index in [0.717, 1.165) is 9.87 Å². The highest BCUT2D eigenvalue weighted by atomic mass is 32.2. The fourth-order valence-electron chi connectivity index (χ4n) is 2.02. The number of nitriles is 1. The summed E-state index contributed by atoms with van der Waals surface area (Å²) in [6.45, 7) is 1.52. The van der Waals surface area contributed by atoms with Gasteiger partial charge in [0, 0.05) is 7.05 Å². The number of nitrogens with zero attached hydrogens (tertiary/aromatic N) is 2. The number of esters is 1. The molecule has 124 valence electrons. The van der Waals surface area contributed by atoms with Gasteiger partial charge in [0.25, 0.3) is 10.0 Å². The molecule has 0 aromatic heterocycles. The van der Waals surface area contributed by atoms with Gasteiger partial charge < -0.3 is 4.74 Å². The summed E-state index contributed by atoms with van der Waals surface area (Å²) in [6.07, 6.45) is 0. The van der Waals surface area contributed by atoms with Gasteiger partial charge in [-0.25, -0.2) is 13.2 Å². The molecule has 0 N–H and O–H groups in total. The van der Waals surface area contributed by atoms with Crippen LogP contribution in [-0.2, 0) is 14.8 Å². The molecule has 0 unspecified atom stereocenters. The molecule has 0 aliphatic carbocycles. The highest BCUT2D eigenvalue weighted by Crippen LogP contribution is 2.23. The normalized spacial score (nSPS) is 10.7. The molecule has 0 amide bonds. The number of sulfonamides is 1. The quantitative estimate of drug-likeness (QED) is 0.778. The number of carbonyl (C=O) groups excluding carboxylic acids is 1. The van der Waals surface area contributed by atoms with Crippen molar-refractivity contribution < 1.29 is 17.9 Å². The zero-order chi connectivity index (χ0) is 17.7. The van der Waals surface area contributed by atoms with Crippen molar-refractivity contribution in [3.63, 3.8) is 0 Å². The van der Waals surface area contributed by atoms with Gasteiger partial charge in [0.15, 0.2) is 6.61 Å². The van der Waals surface area contributed by atoms with Gasteiger partial charge in [-0.15, -0.1) is 0 Å². The summed E-state index contributed by atoms with van der Waals surface area (Å²) in [5.41, 5.74) is 1.61. The summed E-state index contributed by atoms with van der Waals surface area (Å²) in [7, 11) is -2.38. The second-order valence-electron chi connectivity index (χ2n) is 5.07. The third kappa shape index (κ3) is 3.73. The summed E-state index contributed by atoms with van der Waals surface area (Å²) in [5.74, 6) is -0.744. The lowest BCUT2D eigenvalue weighted by Gasteiger charge is -2.20. The van der Waals surface area contributed by atoms with E-state index in [1.54, 1.807) is 18.2 Å². The number of ether oxygens (including phenoxy) is 1. The van der Waals surface area contributed by atoms with Gasteiger partial charge >= 0.3 is 5.97 Å². The molecule has 7 heteroatoms. The molecule has 0 atom stereocenters. The average Bonchev–Trinajstić information content (AvgIpc) is 2.59. The van der Waals surface area contributed by atoms with E-state index >= 15 is 0 Å². The molecule has 2 aromatic carbocycles. The summed E-state index contributed by atoms with van der Waals surface area (Å²) >= 11 is 0. The molecule has 6 nitrogen and oxygen atoms in total. The molecule has 0 aliphatic heterocycles. The van der Waals surface area contributed by atoms with Crippen LogP contribution in [0.3, 0.4) is 0 Å². The second-order valence-corrected chi connectivity index (χ2v) is 7.04. The number of hydrogen-bond donors (Lipinski definition) is 0. The second kappa shape index (κ2) is 7.15. The van der Waals surface area contributed by atoms with Crippen molar-refractivity contribution in [3.05, 3.63) is 59.7 Å². The molecule has 0 radical (unpaired) electrons. The third-order valence-corrected chi connectivity index (χ3v) is 5.18. The van der Waals surface area contributed by atoms with Crippen LogP contribution in [0.5, 0.6) is 0 Å².